The molecule has 0 radical (unpaired) electrons. The van der Waals surface area contributed by atoms with E-state index in [-0.39, 0.29) is 0 Å². The molecule has 1 aromatic carbocycles. The summed E-state index contributed by atoms with van der Waals surface area (Å²) < 4.78 is 0. The van der Waals surface area contributed by atoms with Crippen LogP contribution in [0.2, 0.25) is 0 Å². The van der Waals surface area contributed by atoms with Gasteiger partial charge in [0.05, 0.1) is 17.1 Å². The third-order valence-electron chi connectivity index (χ3n) is 2.77. The van der Waals surface area contributed by atoms with E-state index in [0.717, 1.165) is 28.1 Å². The summed E-state index contributed by atoms with van der Waals surface area (Å²) in [5, 5.41) is 5.70. The second-order valence-corrected chi connectivity index (χ2v) is 5.39. The number of nitrogens with one attached hydrogen (secondary N) is 1. The van der Waals surface area contributed by atoms with Crippen LogP contribution >= 0.6 is 11.3 Å². The monoisotopic (exact) mass is 255 g/mol. The van der Waals surface area contributed by atoms with Crippen molar-refractivity contribution in [1.82, 2.24) is 9.97 Å². The lowest BCUT2D eigenvalue weighted by Gasteiger charge is -2.07. The van der Waals surface area contributed by atoms with Gasteiger partial charge in [0.15, 0.2) is 0 Å². The van der Waals surface area contributed by atoms with Crippen molar-refractivity contribution in [3.63, 3.8) is 0 Å². The second-order valence-electron chi connectivity index (χ2n) is 4.07. The molecule has 0 spiro atoms. The first-order chi connectivity index (χ1) is 8.83. The molecule has 18 heavy (non-hydrogen) atoms. The molecule has 2 heterocycles. The maximum absolute atomic E-state index is 4.35. The molecule has 4 heteroatoms. The quantitative estimate of drug-likeness (QED) is 0.777. The molecule has 3 rings (SSSR count). The van der Waals surface area contributed by atoms with Gasteiger partial charge in [0, 0.05) is 28.3 Å². The number of thiazole rings is 1. The molecule has 0 bridgehead atoms. The molecule has 3 aromatic rings. The third kappa shape index (κ3) is 2.19. The Kier molecular flexibility index (Phi) is 2.94. The SMILES string of the molecule is Cc1ncc(CNc2cccc3ncccc23)s1. The molecule has 0 aliphatic carbocycles. The predicted octanol–water partition coefficient (Wildman–Crippen LogP) is 3.61. The Labute approximate surface area is 110 Å². The van der Waals surface area contributed by atoms with Crippen LogP contribution in [0.1, 0.15) is 9.88 Å². The highest BCUT2D eigenvalue weighted by atomic mass is 32.1. The molecule has 0 atom stereocenters. The Bertz CT molecular complexity index is 670. The first-order valence-electron chi connectivity index (χ1n) is 5.82. The Balaban J connectivity index is 1.86. The topological polar surface area (TPSA) is 37.8 Å². The van der Waals surface area contributed by atoms with E-state index in [1.807, 2.05) is 37.5 Å². The number of aromatic nitrogens is 2. The number of rotatable bonds is 3. The molecule has 0 unspecified atom stereocenters. The first kappa shape index (κ1) is 11.2. The zero-order valence-corrected chi connectivity index (χ0v) is 10.9. The lowest BCUT2D eigenvalue weighted by Crippen LogP contribution is -1.98. The fourth-order valence-electron chi connectivity index (χ4n) is 1.93. The molecule has 0 amide bonds. The van der Waals surface area contributed by atoms with Crippen LogP contribution in [0, 0.1) is 6.92 Å². The number of aryl methyl sites for hydroxylation is 1. The molecule has 0 saturated heterocycles. The van der Waals surface area contributed by atoms with Crippen LogP contribution in [0.4, 0.5) is 5.69 Å². The van der Waals surface area contributed by atoms with Crippen molar-refractivity contribution in [3.8, 4) is 0 Å². The highest BCUT2D eigenvalue weighted by Gasteiger charge is 2.02. The Morgan fingerprint density at radius 3 is 2.94 bits per heavy atom. The largest absolute Gasteiger partial charge is 0.380 e. The van der Waals surface area contributed by atoms with Gasteiger partial charge in [-0.05, 0) is 31.2 Å². The van der Waals surface area contributed by atoms with Crippen LogP contribution < -0.4 is 5.32 Å². The van der Waals surface area contributed by atoms with E-state index in [1.165, 1.54) is 4.88 Å². The minimum absolute atomic E-state index is 0.805. The van der Waals surface area contributed by atoms with Crippen molar-refractivity contribution in [2.75, 3.05) is 5.32 Å². The molecule has 90 valence electrons. The van der Waals surface area contributed by atoms with Crippen LogP contribution in [-0.2, 0) is 6.54 Å². The average Bonchev–Trinajstić information content (AvgIpc) is 2.82. The molecular formula is C14H13N3S. The minimum atomic E-state index is 0.805. The van der Waals surface area contributed by atoms with Crippen molar-refractivity contribution in [1.29, 1.82) is 0 Å². The van der Waals surface area contributed by atoms with Gasteiger partial charge in [-0.2, -0.15) is 0 Å². The first-order valence-corrected chi connectivity index (χ1v) is 6.63. The minimum Gasteiger partial charge on any atom is -0.380 e. The van der Waals surface area contributed by atoms with Crippen LogP contribution in [0.15, 0.2) is 42.7 Å². The van der Waals surface area contributed by atoms with Crippen molar-refractivity contribution in [3.05, 3.63) is 52.6 Å². The number of hydrogen-bond acceptors (Lipinski definition) is 4. The lowest BCUT2D eigenvalue weighted by atomic mass is 10.2. The highest BCUT2D eigenvalue weighted by molar-refractivity contribution is 7.11. The van der Waals surface area contributed by atoms with Crippen molar-refractivity contribution in [2.24, 2.45) is 0 Å². The van der Waals surface area contributed by atoms with Crippen LogP contribution in [-0.4, -0.2) is 9.97 Å². The standard InChI is InChI=1S/C14H13N3S/c1-10-16-8-11(18-10)9-17-14-6-2-5-13-12(14)4-3-7-15-13/h2-8,17H,9H2,1H3. The predicted molar refractivity (Wildman–Crippen MR) is 75.9 cm³/mol. The van der Waals surface area contributed by atoms with E-state index in [0.29, 0.717) is 0 Å². The summed E-state index contributed by atoms with van der Waals surface area (Å²) in [5.41, 5.74) is 2.13. The molecule has 0 aliphatic rings. The molecule has 3 nitrogen and oxygen atoms in total. The van der Waals surface area contributed by atoms with Crippen LogP contribution in [0.3, 0.4) is 0 Å². The molecule has 1 N–H and O–H groups in total. The summed E-state index contributed by atoms with van der Waals surface area (Å²) in [7, 11) is 0. The maximum Gasteiger partial charge on any atom is 0.0897 e. The van der Waals surface area contributed by atoms with E-state index in [9.17, 15) is 0 Å². The number of fused-ring (bicyclic) bond motifs is 1. The van der Waals surface area contributed by atoms with Gasteiger partial charge in [0.25, 0.3) is 0 Å². The van der Waals surface area contributed by atoms with Crippen molar-refractivity contribution in [2.45, 2.75) is 13.5 Å². The van der Waals surface area contributed by atoms with Gasteiger partial charge in [0.1, 0.15) is 0 Å². The summed E-state index contributed by atoms with van der Waals surface area (Å²) in [6, 6.07) is 10.2. The van der Waals surface area contributed by atoms with Gasteiger partial charge >= 0.3 is 0 Å². The number of hydrogen-bond donors (Lipinski definition) is 1. The molecular weight excluding hydrogens is 242 g/mol. The Hall–Kier alpha value is -1.94. The summed E-state index contributed by atoms with van der Waals surface area (Å²) in [6.07, 6.45) is 3.75. The van der Waals surface area contributed by atoms with E-state index in [2.05, 4.69) is 27.4 Å². The van der Waals surface area contributed by atoms with E-state index < -0.39 is 0 Å². The highest BCUT2D eigenvalue weighted by Crippen LogP contribution is 2.22. The number of benzene rings is 1. The lowest BCUT2D eigenvalue weighted by molar-refractivity contribution is 1.17. The van der Waals surface area contributed by atoms with Gasteiger partial charge < -0.3 is 5.32 Å². The van der Waals surface area contributed by atoms with Gasteiger partial charge in [0.2, 0.25) is 0 Å². The fourth-order valence-corrected chi connectivity index (χ4v) is 2.66. The van der Waals surface area contributed by atoms with Crippen LogP contribution in [0.5, 0.6) is 0 Å². The van der Waals surface area contributed by atoms with E-state index in [4.69, 9.17) is 0 Å². The fraction of sp³-hybridized carbons (Fsp3) is 0.143. The zero-order chi connectivity index (χ0) is 12.4. The maximum atomic E-state index is 4.35. The molecule has 0 aliphatic heterocycles. The third-order valence-corrected chi connectivity index (χ3v) is 3.68. The summed E-state index contributed by atoms with van der Waals surface area (Å²) in [4.78, 5) is 9.85. The zero-order valence-electron chi connectivity index (χ0n) is 10.1. The molecule has 2 aromatic heterocycles. The second kappa shape index (κ2) is 4.74. The average molecular weight is 255 g/mol. The van der Waals surface area contributed by atoms with Crippen molar-refractivity contribution >= 4 is 27.9 Å². The number of pyridine rings is 1. The number of anilines is 1. The Morgan fingerprint density at radius 2 is 2.11 bits per heavy atom. The van der Waals surface area contributed by atoms with E-state index in [1.54, 1.807) is 11.3 Å². The summed E-state index contributed by atoms with van der Waals surface area (Å²) >= 11 is 1.72. The molecule has 0 fully saturated rings. The van der Waals surface area contributed by atoms with Crippen molar-refractivity contribution < 1.29 is 0 Å². The smallest absolute Gasteiger partial charge is 0.0897 e. The summed E-state index contributed by atoms with van der Waals surface area (Å²) in [5.74, 6) is 0. The molecule has 0 saturated carbocycles. The van der Waals surface area contributed by atoms with Crippen LogP contribution in [0.25, 0.3) is 10.9 Å². The Morgan fingerprint density at radius 1 is 1.17 bits per heavy atom. The van der Waals surface area contributed by atoms with Gasteiger partial charge in [-0.1, -0.05) is 6.07 Å². The number of nitrogens with zero attached hydrogens (tertiary/aromatic N) is 2. The van der Waals surface area contributed by atoms with Gasteiger partial charge in [-0.3, -0.25) is 4.98 Å². The normalized spacial score (nSPS) is 10.7. The van der Waals surface area contributed by atoms with Gasteiger partial charge in [-0.25, -0.2) is 4.98 Å². The summed E-state index contributed by atoms with van der Waals surface area (Å²) in [6.45, 7) is 2.83. The van der Waals surface area contributed by atoms with Gasteiger partial charge in [-0.15, -0.1) is 11.3 Å². The van der Waals surface area contributed by atoms with E-state index >= 15 is 0 Å².